The minimum Gasteiger partial charge on any atom is -0.394 e. The van der Waals surface area contributed by atoms with Crippen LogP contribution in [0.4, 0.5) is 0 Å². The quantitative estimate of drug-likeness (QED) is 0.818. The summed E-state index contributed by atoms with van der Waals surface area (Å²) < 4.78 is 4.94. The Labute approximate surface area is 113 Å². The second-order valence-corrected chi connectivity index (χ2v) is 5.07. The molecule has 0 fully saturated rings. The number of hydrogen-bond donors (Lipinski definition) is 2. The van der Waals surface area contributed by atoms with Gasteiger partial charge in [-0.2, -0.15) is 4.98 Å². The minimum absolute atomic E-state index is 0.216. The van der Waals surface area contributed by atoms with Crippen LogP contribution in [0.2, 0.25) is 5.02 Å². The van der Waals surface area contributed by atoms with E-state index in [1.165, 1.54) is 0 Å². The number of nitrogens with zero attached hydrogens (tertiary/aromatic N) is 2. The lowest BCUT2D eigenvalue weighted by atomic mass is 10.3. The summed E-state index contributed by atoms with van der Waals surface area (Å²) in [5, 5.41) is 13.4. The van der Waals surface area contributed by atoms with Crippen LogP contribution in [-0.4, -0.2) is 21.9 Å². The fourth-order valence-corrected chi connectivity index (χ4v) is 2.10. The molecule has 3 N–H and O–H groups in total. The summed E-state index contributed by atoms with van der Waals surface area (Å²) in [6.45, 7) is -0.216. The van der Waals surface area contributed by atoms with Gasteiger partial charge in [-0.25, -0.2) is 0 Å². The summed E-state index contributed by atoms with van der Waals surface area (Å²) in [6.07, 6.45) is 0. The molecule has 0 spiro atoms. The number of thioether (sulfide) groups is 1. The highest BCUT2D eigenvalue weighted by molar-refractivity contribution is 7.98. The molecule has 1 aromatic carbocycles. The van der Waals surface area contributed by atoms with Crippen molar-refractivity contribution in [1.82, 2.24) is 10.1 Å². The first-order valence-electron chi connectivity index (χ1n) is 5.26. The maximum absolute atomic E-state index is 8.86. The highest BCUT2D eigenvalue weighted by Gasteiger charge is 2.13. The van der Waals surface area contributed by atoms with Gasteiger partial charge >= 0.3 is 0 Å². The predicted molar refractivity (Wildman–Crippen MR) is 69.3 cm³/mol. The van der Waals surface area contributed by atoms with Crippen LogP contribution in [0.25, 0.3) is 0 Å². The third kappa shape index (κ3) is 3.46. The summed E-state index contributed by atoms with van der Waals surface area (Å²) in [7, 11) is 0. The van der Waals surface area contributed by atoms with Gasteiger partial charge in [0.25, 0.3) is 0 Å². The van der Waals surface area contributed by atoms with Gasteiger partial charge in [-0.15, -0.1) is 11.8 Å². The van der Waals surface area contributed by atoms with Crippen molar-refractivity contribution in [3.8, 4) is 0 Å². The molecule has 96 valence electrons. The Morgan fingerprint density at radius 1 is 1.39 bits per heavy atom. The van der Waals surface area contributed by atoms with E-state index in [4.69, 9.17) is 27.0 Å². The van der Waals surface area contributed by atoms with Crippen molar-refractivity contribution in [3.05, 3.63) is 41.0 Å². The van der Waals surface area contributed by atoms with E-state index in [0.29, 0.717) is 16.6 Å². The van der Waals surface area contributed by atoms with Crippen molar-refractivity contribution in [2.45, 2.75) is 16.7 Å². The van der Waals surface area contributed by atoms with Gasteiger partial charge in [0, 0.05) is 9.92 Å². The zero-order valence-corrected chi connectivity index (χ0v) is 11.0. The Kier molecular flexibility index (Phi) is 4.60. The lowest BCUT2D eigenvalue weighted by Crippen LogP contribution is -2.14. The topological polar surface area (TPSA) is 85.2 Å². The molecule has 18 heavy (non-hydrogen) atoms. The first kappa shape index (κ1) is 13.4. The van der Waals surface area contributed by atoms with E-state index in [0.717, 1.165) is 4.90 Å². The van der Waals surface area contributed by atoms with E-state index in [1.807, 2.05) is 24.3 Å². The van der Waals surface area contributed by atoms with Gasteiger partial charge in [0.05, 0.1) is 12.4 Å². The summed E-state index contributed by atoms with van der Waals surface area (Å²) in [5.41, 5.74) is 5.56. The summed E-state index contributed by atoms with van der Waals surface area (Å²) in [5.74, 6) is 1.38. The van der Waals surface area contributed by atoms with Crippen molar-refractivity contribution in [1.29, 1.82) is 0 Å². The number of aliphatic hydroxyl groups excluding tert-OH is 1. The van der Waals surface area contributed by atoms with Crippen LogP contribution in [0.3, 0.4) is 0 Å². The number of benzene rings is 1. The van der Waals surface area contributed by atoms with E-state index in [2.05, 4.69) is 10.1 Å². The van der Waals surface area contributed by atoms with Crippen molar-refractivity contribution in [2.24, 2.45) is 5.73 Å². The van der Waals surface area contributed by atoms with E-state index in [1.54, 1.807) is 11.8 Å². The van der Waals surface area contributed by atoms with Crippen LogP contribution in [0.15, 0.2) is 33.7 Å². The minimum atomic E-state index is -0.619. The molecule has 1 aromatic heterocycles. The maximum atomic E-state index is 8.86. The molecule has 0 saturated carbocycles. The van der Waals surface area contributed by atoms with Crippen LogP contribution < -0.4 is 5.73 Å². The SMILES string of the molecule is NC(CO)c1nc(CSc2ccc(Cl)cc2)no1. The molecule has 0 aliphatic rings. The molecule has 1 unspecified atom stereocenters. The summed E-state index contributed by atoms with van der Waals surface area (Å²) in [6, 6.07) is 6.88. The Hall–Kier alpha value is -1.08. The number of aliphatic hydroxyl groups is 1. The summed E-state index contributed by atoms with van der Waals surface area (Å²) in [4.78, 5) is 5.17. The van der Waals surface area contributed by atoms with Gasteiger partial charge in [0.2, 0.25) is 5.89 Å². The van der Waals surface area contributed by atoms with E-state index >= 15 is 0 Å². The van der Waals surface area contributed by atoms with Crippen LogP contribution in [0.1, 0.15) is 17.8 Å². The average Bonchev–Trinajstić information content (AvgIpc) is 2.86. The number of hydrogen-bond acceptors (Lipinski definition) is 6. The fraction of sp³-hybridized carbons (Fsp3) is 0.273. The van der Waals surface area contributed by atoms with Crippen molar-refractivity contribution in [3.63, 3.8) is 0 Å². The third-order valence-corrected chi connectivity index (χ3v) is 3.44. The molecular formula is C11H12ClN3O2S. The number of aromatic nitrogens is 2. The van der Waals surface area contributed by atoms with Gasteiger partial charge in [0.15, 0.2) is 5.82 Å². The molecular weight excluding hydrogens is 274 g/mol. The van der Waals surface area contributed by atoms with Crippen molar-refractivity contribution in [2.75, 3.05) is 6.61 Å². The lowest BCUT2D eigenvalue weighted by molar-refractivity contribution is 0.236. The second kappa shape index (κ2) is 6.19. The van der Waals surface area contributed by atoms with Gasteiger partial charge in [-0.3, -0.25) is 0 Å². The largest absolute Gasteiger partial charge is 0.394 e. The summed E-state index contributed by atoms with van der Waals surface area (Å²) >= 11 is 7.36. The normalized spacial score (nSPS) is 12.6. The Bertz CT molecular complexity index is 503. The Morgan fingerprint density at radius 2 is 2.11 bits per heavy atom. The van der Waals surface area contributed by atoms with Gasteiger partial charge in [0.1, 0.15) is 6.04 Å². The molecule has 0 amide bonds. The van der Waals surface area contributed by atoms with Crippen LogP contribution in [-0.2, 0) is 5.75 Å². The molecule has 0 saturated heterocycles. The van der Waals surface area contributed by atoms with Crippen LogP contribution >= 0.6 is 23.4 Å². The average molecular weight is 286 g/mol. The standard InChI is InChI=1S/C11H12ClN3O2S/c12-7-1-3-8(4-2-7)18-6-10-14-11(17-15-10)9(13)5-16/h1-4,9,16H,5-6,13H2. The maximum Gasteiger partial charge on any atom is 0.245 e. The number of rotatable bonds is 5. The smallest absolute Gasteiger partial charge is 0.245 e. The highest BCUT2D eigenvalue weighted by Crippen LogP contribution is 2.23. The highest BCUT2D eigenvalue weighted by atomic mass is 35.5. The molecule has 0 radical (unpaired) electrons. The Morgan fingerprint density at radius 3 is 2.78 bits per heavy atom. The fourth-order valence-electron chi connectivity index (χ4n) is 1.23. The number of nitrogens with two attached hydrogens (primary N) is 1. The zero-order chi connectivity index (χ0) is 13.0. The lowest BCUT2D eigenvalue weighted by Gasteiger charge is -1.99. The first-order valence-corrected chi connectivity index (χ1v) is 6.62. The molecule has 0 aliphatic carbocycles. The molecule has 2 rings (SSSR count). The van der Waals surface area contributed by atoms with Crippen molar-refractivity contribution >= 4 is 23.4 Å². The molecule has 1 atom stereocenters. The first-order chi connectivity index (χ1) is 8.69. The second-order valence-electron chi connectivity index (χ2n) is 3.58. The molecule has 1 heterocycles. The zero-order valence-electron chi connectivity index (χ0n) is 9.41. The van der Waals surface area contributed by atoms with Crippen molar-refractivity contribution < 1.29 is 9.63 Å². The van der Waals surface area contributed by atoms with Gasteiger partial charge in [-0.1, -0.05) is 16.8 Å². The molecule has 2 aromatic rings. The molecule has 7 heteroatoms. The monoisotopic (exact) mass is 285 g/mol. The van der Waals surface area contributed by atoms with E-state index < -0.39 is 6.04 Å². The van der Waals surface area contributed by atoms with Gasteiger partial charge < -0.3 is 15.4 Å². The van der Waals surface area contributed by atoms with E-state index in [-0.39, 0.29) is 12.5 Å². The molecule has 0 aliphatic heterocycles. The molecule has 0 bridgehead atoms. The van der Waals surface area contributed by atoms with Crippen LogP contribution in [0, 0.1) is 0 Å². The Balaban J connectivity index is 1.94. The van der Waals surface area contributed by atoms with Gasteiger partial charge in [-0.05, 0) is 24.3 Å². The predicted octanol–water partition coefficient (Wildman–Crippen LogP) is 2.01. The van der Waals surface area contributed by atoms with Crippen LogP contribution in [0.5, 0.6) is 0 Å². The number of halogens is 1. The van der Waals surface area contributed by atoms with E-state index in [9.17, 15) is 0 Å². The third-order valence-electron chi connectivity index (χ3n) is 2.18. The molecule has 5 nitrogen and oxygen atoms in total.